The fourth-order valence-corrected chi connectivity index (χ4v) is 4.27. The number of likely N-dealkylation sites (N-methyl/N-ethyl adjacent to an activating group) is 1. The number of hydrogen-bond donors (Lipinski definition) is 1. The number of nitrogens with zero attached hydrogens (tertiary/aromatic N) is 2. The number of anilines is 1. The Kier molecular flexibility index (Phi) is 6.20. The van der Waals surface area contributed by atoms with Gasteiger partial charge >= 0.3 is 13.2 Å². The number of halogens is 5. The predicted molar refractivity (Wildman–Crippen MR) is 97.5 cm³/mol. The van der Waals surface area contributed by atoms with Crippen LogP contribution in [0, 0.1) is 5.82 Å². The predicted octanol–water partition coefficient (Wildman–Crippen LogP) is 3.10. The molecule has 0 saturated carbocycles. The molecule has 8 nitrogen and oxygen atoms in total. The van der Waals surface area contributed by atoms with E-state index in [-0.39, 0.29) is 30.4 Å². The zero-order valence-corrected chi connectivity index (χ0v) is 16.4. The number of aromatic nitrogens is 1. The van der Waals surface area contributed by atoms with E-state index in [0.717, 1.165) is 0 Å². The molecule has 2 heterocycles. The first-order chi connectivity index (χ1) is 14.5. The highest BCUT2D eigenvalue weighted by molar-refractivity contribution is 7.92. The molecule has 2 aromatic rings. The molecule has 1 amide bonds. The Bertz CT molecular complexity index is 1120. The molecule has 0 unspecified atom stereocenters. The molecule has 0 atom stereocenters. The van der Waals surface area contributed by atoms with Crippen LogP contribution in [0.1, 0.15) is 17.3 Å². The molecule has 0 aliphatic carbocycles. The summed E-state index contributed by atoms with van der Waals surface area (Å²) in [6.07, 6.45) is 0.183. The Morgan fingerprint density at radius 2 is 1.81 bits per heavy atom. The first-order valence-electron chi connectivity index (χ1n) is 8.50. The Morgan fingerprint density at radius 3 is 2.45 bits per heavy atom. The van der Waals surface area contributed by atoms with E-state index in [9.17, 15) is 35.2 Å². The first-order valence-corrected chi connectivity index (χ1v) is 9.98. The van der Waals surface area contributed by atoms with Crippen LogP contribution in [-0.2, 0) is 16.4 Å². The smallest absolute Gasteiger partial charge is 0.388 e. The molecule has 0 fully saturated rings. The summed E-state index contributed by atoms with van der Waals surface area (Å²) in [6, 6.07) is 4.22. The highest BCUT2D eigenvalue weighted by atomic mass is 32.2. The number of hydrogen-bond acceptors (Lipinski definition) is 6. The number of nitrogens with one attached hydrogen (secondary N) is 1. The molecular weight excluding hydrogens is 453 g/mol. The van der Waals surface area contributed by atoms with Gasteiger partial charge < -0.3 is 14.4 Å². The minimum Gasteiger partial charge on any atom is -0.415 e. The third-order valence-corrected chi connectivity index (χ3v) is 5.70. The molecule has 3 rings (SSSR count). The van der Waals surface area contributed by atoms with E-state index in [4.69, 9.17) is 0 Å². The molecule has 31 heavy (non-hydrogen) atoms. The molecule has 1 aromatic heterocycles. The average Bonchev–Trinajstić information content (AvgIpc) is 2.67. The quantitative estimate of drug-likeness (QED) is 0.626. The van der Waals surface area contributed by atoms with Gasteiger partial charge in [-0.15, -0.1) is 0 Å². The number of fused-ring (bicyclic) bond motifs is 1. The van der Waals surface area contributed by atoms with Crippen molar-refractivity contribution in [1.82, 2.24) is 9.88 Å². The molecule has 1 N–H and O–H groups in total. The number of benzene rings is 1. The number of rotatable bonds is 7. The van der Waals surface area contributed by atoms with Crippen molar-refractivity contribution in [3.63, 3.8) is 0 Å². The summed E-state index contributed by atoms with van der Waals surface area (Å²) in [4.78, 5) is 16.4. The van der Waals surface area contributed by atoms with Crippen molar-refractivity contribution in [2.45, 2.75) is 24.5 Å². The molecule has 0 spiro atoms. The van der Waals surface area contributed by atoms with Crippen molar-refractivity contribution in [2.75, 3.05) is 18.3 Å². The molecule has 1 aromatic carbocycles. The largest absolute Gasteiger partial charge is 0.415 e. The van der Waals surface area contributed by atoms with E-state index in [0.29, 0.717) is 6.07 Å². The van der Waals surface area contributed by atoms with Crippen LogP contribution in [-0.4, -0.2) is 51.0 Å². The van der Waals surface area contributed by atoms with Gasteiger partial charge in [-0.1, -0.05) is 6.07 Å². The summed E-state index contributed by atoms with van der Waals surface area (Å²) in [5.74, 6) is -4.51. The molecular formula is C17H16F5N3O5S. The summed E-state index contributed by atoms with van der Waals surface area (Å²) in [5, 5.41) is 0. The summed E-state index contributed by atoms with van der Waals surface area (Å²) >= 11 is 0. The van der Waals surface area contributed by atoms with Crippen LogP contribution in [0.4, 0.5) is 27.6 Å². The standard InChI is InChI=1S/C17H14F5N3O5S.H2/c1-25-6-5-8-9(15(25)26)3-2-4-12(8)31(27,28)24-11-7-10(18)13(29-16(19)20)23-14(11)30-17(21)22;/h2-4,7,16-17,24H,5-6H2,1H3;1H. The molecule has 0 bridgehead atoms. The molecule has 0 radical (unpaired) electrons. The lowest BCUT2D eigenvalue weighted by Gasteiger charge is -2.26. The van der Waals surface area contributed by atoms with Crippen LogP contribution in [0.2, 0.25) is 0 Å². The van der Waals surface area contributed by atoms with Gasteiger partial charge in [-0.05, 0) is 24.1 Å². The van der Waals surface area contributed by atoms with Crippen LogP contribution in [0.15, 0.2) is 29.2 Å². The number of amides is 1. The van der Waals surface area contributed by atoms with Crippen molar-refractivity contribution in [3.8, 4) is 11.8 Å². The van der Waals surface area contributed by atoms with E-state index >= 15 is 0 Å². The monoisotopic (exact) mass is 469 g/mol. The second-order valence-electron chi connectivity index (χ2n) is 6.25. The number of pyridine rings is 1. The number of carbonyl (C=O) groups excluding carboxylic acids is 1. The Balaban J connectivity index is 0.00000363. The maximum atomic E-state index is 14.0. The van der Waals surface area contributed by atoms with Crippen LogP contribution < -0.4 is 14.2 Å². The van der Waals surface area contributed by atoms with Gasteiger partial charge in [-0.3, -0.25) is 9.52 Å². The van der Waals surface area contributed by atoms with Gasteiger partial charge in [0.25, 0.3) is 21.8 Å². The molecule has 0 saturated heterocycles. The van der Waals surface area contributed by atoms with E-state index in [1.54, 1.807) is 0 Å². The second kappa shape index (κ2) is 8.53. The summed E-state index contributed by atoms with van der Waals surface area (Å²) in [7, 11) is -3.01. The van der Waals surface area contributed by atoms with Gasteiger partial charge in [0.15, 0.2) is 5.82 Å². The lowest BCUT2D eigenvalue weighted by Crippen LogP contribution is -2.35. The van der Waals surface area contributed by atoms with Gasteiger partial charge in [0, 0.05) is 26.6 Å². The maximum absolute atomic E-state index is 14.0. The second-order valence-corrected chi connectivity index (χ2v) is 7.90. The maximum Gasteiger partial charge on any atom is 0.388 e. The number of ether oxygens (including phenoxy) is 2. The highest BCUT2D eigenvalue weighted by Crippen LogP contribution is 2.33. The minimum absolute atomic E-state index is 0. The number of alkyl halides is 4. The lowest BCUT2D eigenvalue weighted by atomic mass is 9.99. The van der Waals surface area contributed by atoms with Crippen molar-refractivity contribution < 1.29 is 46.1 Å². The molecule has 1 aliphatic rings. The van der Waals surface area contributed by atoms with Gasteiger partial charge in [-0.25, -0.2) is 12.8 Å². The van der Waals surface area contributed by atoms with Crippen molar-refractivity contribution in [2.24, 2.45) is 0 Å². The number of sulfonamides is 1. The zero-order valence-electron chi connectivity index (χ0n) is 15.6. The third-order valence-electron chi connectivity index (χ3n) is 4.25. The normalized spacial score (nSPS) is 14.1. The molecule has 170 valence electrons. The van der Waals surface area contributed by atoms with Gasteiger partial charge in [-0.2, -0.15) is 22.5 Å². The minimum atomic E-state index is -4.55. The van der Waals surface area contributed by atoms with Gasteiger partial charge in [0.05, 0.1) is 4.90 Å². The topological polar surface area (TPSA) is 97.8 Å². The summed E-state index contributed by atoms with van der Waals surface area (Å²) in [6.45, 7) is -6.82. The van der Waals surface area contributed by atoms with E-state index < -0.39 is 52.4 Å². The average molecular weight is 469 g/mol. The highest BCUT2D eigenvalue weighted by Gasteiger charge is 2.30. The van der Waals surface area contributed by atoms with Crippen LogP contribution in [0.3, 0.4) is 0 Å². The van der Waals surface area contributed by atoms with Crippen molar-refractivity contribution in [1.29, 1.82) is 0 Å². The van der Waals surface area contributed by atoms with Crippen molar-refractivity contribution >= 4 is 21.6 Å². The van der Waals surface area contributed by atoms with Gasteiger partial charge in [0.1, 0.15) is 5.69 Å². The van der Waals surface area contributed by atoms with Crippen LogP contribution >= 0.6 is 0 Å². The molecule has 1 aliphatic heterocycles. The zero-order chi connectivity index (χ0) is 22.9. The Morgan fingerprint density at radius 1 is 1.16 bits per heavy atom. The fourth-order valence-electron chi connectivity index (χ4n) is 2.93. The van der Waals surface area contributed by atoms with Crippen molar-refractivity contribution in [3.05, 3.63) is 41.2 Å². The summed E-state index contributed by atoms with van der Waals surface area (Å²) in [5.41, 5.74) is -0.567. The summed E-state index contributed by atoms with van der Waals surface area (Å²) < 4.78 is 99.5. The van der Waals surface area contributed by atoms with E-state index in [2.05, 4.69) is 14.5 Å². The molecule has 14 heteroatoms. The SMILES string of the molecule is CN1CCc2c(cccc2S(=O)(=O)Nc2cc(F)c(OC(F)F)nc2OC(F)F)C1=O.[HH]. The Labute approximate surface area is 174 Å². The Hall–Kier alpha value is -3.16. The first kappa shape index (κ1) is 22.5. The fraction of sp³-hybridized carbons (Fsp3) is 0.294. The number of carbonyl (C=O) groups is 1. The lowest BCUT2D eigenvalue weighted by molar-refractivity contribution is -0.0616. The van der Waals surface area contributed by atoms with Crippen LogP contribution in [0.25, 0.3) is 0 Å². The third kappa shape index (κ3) is 4.78. The van der Waals surface area contributed by atoms with E-state index in [1.807, 2.05) is 4.72 Å². The van der Waals surface area contributed by atoms with Crippen LogP contribution in [0.5, 0.6) is 11.8 Å². The van der Waals surface area contributed by atoms with E-state index in [1.165, 1.54) is 30.1 Å². The van der Waals surface area contributed by atoms with Gasteiger partial charge in [0.2, 0.25) is 5.88 Å².